The van der Waals surface area contributed by atoms with Crippen LogP contribution in [0, 0.1) is 13.8 Å². The van der Waals surface area contributed by atoms with Gasteiger partial charge in [-0.3, -0.25) is 14.0 Å². The molecule has 0 aromatic carbocycles. The highest BCUT2D eigenvalue weighted by molar-refractivity contribution is 9.10. The number of halogens is 1. The summed E-state index contributed by atoms with van der Waals surface area (Å²) >= 11 is 3.48. The van der Waals surface area contributed by atoms with Crippen molar-refractivity contribution in [1.29, 1.82) is 0 Å². The molecule has 3 heterocycles. The third-order valence-electron chi connectivity index (χ3n) is 4.26. The highest BCUT2D eigenvalue weighted by Crippen LogP contribution is 2.22. The molecule has 1 fully saturated rings. The van der Waals surface area contributed by atoms with Gasteiger partial charge in [-0.05, 0) is 41.4 Å². The lowest BCUT2D eigenvalue weighted by Crippen LogP contribution is -2.50. The molecule has 1 aliphatic heterocycles. The Balaban J connectivity index is 1.93. The van der Waals surface area contributed by atoms with E-state index in [-0.39, 0.29) is 11.8 Å². The van der Waals surface area contributed by atoms with Gasteiger partial charge in [-0.25, -0.2) is 4.98 Å². The van der Waals surface area contributed by atoms with Crippen LogP contribution in [-0.4, -0.2) is 57.2 Å². The first kappa shape index (κ1) is 16.0. The number of aromatic nitrogens is 2. The van der Waals surface area contributed by atoms with Gasteiger partial charge in [0.1, 0.15) is 11.3 Å². The molecule has 0 aliphatic carbocycles. The van der Waals surface area contributed by atoms with E-state index in [1.165, 1.54) is 0 Å². The molecule has 6 nitrogen and oxygen atoms in total. The minimum Gasteiger partial charge on any atom is -0.339 e. The summed E-state index contributed by atoms with van der Waals surface area (Å²) in [5.41, 5.74) is 3.14. The second-order valence-electron chi connectivity index (χ2n) is 5.88. The number of pyridine rings is 1. The second-order valence-corrected chi connectivity index (χ2v) is 6.79. The zero-order chi connectivity index (χ0) is 16.7. The van der Waals surface area contributed by atoms with Crippen LogP contribution in [0.4, 0.5) is 0 Å². The molecule has 0 saturated carbocycles. The van der Waals surface area contributed by atoms with Crippen molar-refractivity contribution in [2.45, 2.75) is 20.8 Å². The van der Waals surface area contributed by atoms with E-state index in [9.17, 15) is 9.59 Å². The van der Waals surface area contributed by atoms with Crippen molar-refractivity contribution in [1.82, 2.24) is 19.2 Å². The highest BCUT2D eigenvalue weighted by atomic mass is 79.9. The lowest BCUT2D eigenvalue weighted by Gasteiger charge is -2.34. The van der Waals surface area contributed by atoms with Crippen molar-refractivity contribution in [3.8, 4) is 0 Å². The quantitative estimate of drug-likeness (QED) is 0.762. The number of fused-ring (bicyclic) bond motifs is 1. The largest absolute Gasteiger partial charge is 0.339 e. The lowest BCUT2D eigenvalue weighted by atomic mass is 10.2. The Bertz CT molecular complexity index is 791. The Morgan fingerprint density at radius 1 is 1.13 bits per heavy atom. The van der Waals surface area contributed by atoms with Crippen molar-refractivity contribution in [2.24, 2.45) is 0 Å². The highest BCUT2D eigenvalue weighted by Gasteiger charge is 2.27. The first-order chi connectivity index (χ1) is 10.9. The van der Waals surface area contributed by atoms with Gasteiger partial charge in [0.05, 0.1) is 5.69 Å². The second kappa shape index (κ2) is 5.96. The molecule has 0 unspecified atom stereocenters. The van der Waals surface area contributed by atoms with E-state index in [0.717, 1.165) is 21.4 Å². The van der Waals surface area contributed by atoms with Crippen LogP contribution in [0.25, 0.3) is 5.65 Å². The molecule has 122 valence electrons. The topological polar surface area (TPSA) is 57.9 Å². The summed E-state index contributed by atoms with van der Waals surface area (Å²) in [7, 11) is 0. The van der Waals surface area contributed by atoms with E-state index in [1.807, 2.05) is 30.5 Å². The summed E-state index contributed by atoms with van der Waals surface area (Å²) in [6, 6.07) is 1.99. The van der Waals surface area contributed by atoms with E-state index >= 15 is 0 Å². The third-order valence-corrected chi connectivity index (χ3v) is 4.69. The summed E-state index contributed by atoms with van der Waals surface area (Å²) in [6.45, 7) is 7.67. The smallest absolute Gasteiger partial charge is 0.272 e. The summed E-state index contributed by atoms with van der Waals surface area (Å²) < 4.78 is 2.77. The molecule has 0 atom stereocenters. The maximum absolute atomic E-state index is 12.9. The molecule has 0 bridgehead atoms. The van der Waals surface area contributed by atoms with E-state index in [4.69, 9.17) is 0 Å². The van der Waals surface area contributed by atoms with Crippen LogP contribution in [0.3, 0.4) is 0 Å². The summed E-state index contributed by atoms with van der Waals surface area (Å²) in [4.78, 5) is 32.5. The maximum atomic E-state index is 12.9. The lowest BCUT2D eigenvalue weighted by molar-refractivity contribution is -0.130. The Labute approximate surface area is 143 Å². The number of imidazole rings is 1. The minimum atomic E-state index is -0.0318. The zero-order valence-electron chi connectivity index (χ0n) is 13.5. The molecule has 7 heteroatoms. The van der Waals surface area contributed by atoms with Gasteiger partial charge in [0.25, 0.3) is 5.91 Å². The van der Waals surface area contributed by atoms with E-state index in [0.29, 0.717) is 31.9 Å². The van der Waals surface area contributed by atoms with Crippen LogP contribution < -0.4 is 0 Å². The molecular weight excluding hydrogens is 360 g/mol. The molecule has 2 amide bonds. The average Bonchev–Trinajstić information content (AvgIpc) is 2.83. The SMILES string of the molecule is CC(=O)N1CCN(C(=O)c2c(C)nc3c(C)cc(Br)cn23)CC1. The molecule has 0 spiro atoms. The van der Waals surface area contributed by atoms with Gasteiger partial charge in [-0.1, -0.05) is 0 Å². The van der Waals surface area contributed by atoms with Gasteiger partial charge in [0.15, 0.2) is 0 Å². The van der Waals surface area contributed by atoms with Crippen LogP contribution >= 0.6 is 15.9 Å². The molecule has 1 saturated heterocycles. The molecular formula is C16H19BrN4O2. The predicted octanol–water partition coefficient (Wildman–Crippen LogP) is 2.02. The Morgan fingerprint density at radius 2 is 1.74 bits per heavy atom. The summed E-state index contributed by atoms with van der Waals surface area (Å²) in [5.74, 6) is 0.0262. The molecule has 23 heavy (non-hydrogen) atoms. The number of piperazine rings is 1. The van der Waals surface area contributed by atoms with Crippen LogP contribution in [-0.2, 0) is 4.79 Å². The molecule has 0 N–H and O–H groups in total. The van der Waals surface area contributed by atoms with E-state index < -0.39 is 0 Å². The number of aryl methyl sites for hydroxylation is 2. The van der Waals surface area contributed by atoms with Crippen LogP contribution in [0.15, 0.2) is 16.7 Å². The molecule has 3 rings (SSSR count). The fourth-order valence-electron chi connectivity index (χ4n) is 3.01. The fraction of sp³-hybridized carbons (Fsp3) is 0.438. The van der Waals surface area contributed by atoms with Crippen LogP contribution in [0.2, 0.25) is 0 Å². The maximum Gasteiger partial charge on any atom is 0.272 e. The number of nitrogens with zero attached hydrogens (tertiary/aromatic N) is 4. The van der Waals surface area contributed by atoms with E-state index in [2.05, 4.69) is 20.9 Å². The first-order valence-electron chi connectivity index (χ1n) is 7.58. The fourth-order valence-corrected chi connectivity index (χ4v) is 3.56. The molecule has 0 radical (unpaired) electrons. The van der Waals surface area contributed by atoms with Crippen molar-refractivity contribution < 1.29 is 9.59 Å². The van der Waals surface area contributed by atoms with Gasteiger partial charge in [-0.2, -0.15) is 0 Å². The standard InChI is InChI=1S/C16H19BrN4O2/c1-10-8-13(17)9-21-14(11(2)18-15(10)21)16(23)20-6-4-19(5-7-20)12(3)22/h8-9H,4-7H2,1-3H3. The summed E-state index contributed by atoms with van der Waals surface area (Å²) in [6.07, 6.45) is 1.88. The first-order valence-corrected chi connectivity index (χ1v) is 8.37. The van der Waals surface area contributed by atoms with Crippen LogP contribution in [0.5, 0.6) is 0 Å². The molecule has 2 aromatic heterocycles. The van der Waals surface area contributed by atoms with Gasteiger partial charge >= 0.3 is 0 Å². The number of carbonyl (C=O) groups excluding carboxylic acids is 2. The normalized spacial score (nSPS) is 15.3. The van der Waals surface area contributed by atoms with Gasteiger partial charge in [0.2, 0.25) is 5.91 Å². The Morgan fingerprint density at radius 3 is 2.35 bits per heavy atom. The van der Waals surface area contributed by atoms with Crippen molar-refractivity contribution in [2.75, 3.05) is 26.2 Å². The van der Waals surface area contributed by atoms with Crippen molar-refractivity contribution in [3.63, 3.8) is 0 Å². The van der Waals surface area contributed by atoms with Crippen LogP contribution in [0.1, 0.15) is 28.7 Å². The van der Waals surface area contributed by atoms with Crippen molar-refractivity contribution in [3.05, 3.63) is 33.7 Å². The number of carbonyl (C=O) groups is 2. The minimum absolute atomic E-state index is 0.0318. The van der Waals surface area contributed by atoms with Gasteiger partial charge in [0, 0.05) is 43.8 Å². The van der Waals surface area contributed by atoms with Gasteiger partial charge in [-0.15, -0.1) is 0 Å². The molecule has 2 aromatic rings. The average molecular weight is 379 g/mol. The Hall–Kier alpha value is -1.89. The zero-order valence-corrected chi connectivity index (χ0v) is 15.1. The number of amides is 2. The van der Waals surface area contributed by atoms with E-state index in [1.54, 1.807) is 16.7 Å². The number of hydrogen-bond acceptors (Lipinski definition) is 3. The Kier molecular flexibility index (Phi) is 4.14. The summed E-state index contributed by atoms with van der Waals surface area (Å²) in [5, 5.41) is 0. The number of hydrogen-bond donors (Lipinski definition) is 0. The monoisotopic (exact) mass is 378 g/mol. The molecule has 1 aliphatic rings. The third kappa shape index (κ3) is 2.85. The van der Waals surface area contributed by atoms with Gasteiger partial charge < -0.3 is 9.80 Å². The predicted molar refractivity (Wildman–Crippen MR) is 90.5 cm³/mol. The number of rotatable bonds is 1. The van der Waals surface area contributed by atoms with Crippen molar-refractivity contribution >= 4 is 33.4 Å².